The molecule has 2 aromatic carbocycles. The molecule has 1 aliphatic rings. The normalized spacial score (nSPS) is 17.0. The highest BCUT2D eigenvalue weighted by Gasteiger charge is 2.31. The van der Waals surface area contributed by atoms with E-state index in [1.807, 2.05) is 73.7 Å². The fourth-order valence-corrected chi connectivity index (χ4v) is 3.77. The minimum Gasteiger partial charge on any atom is -0.288 e. The summed E-state index contributed by atoms with van der Waals surface area (Å²) in [6, 6.07) is 20.0. The van der Waals surface area contributed by atoms with E-state index in [2.05, 4.69) is 6.08 Å². The maximum absolute atomic E-state index is 12.6. The number of amides is 1. The lowest BCUT2D eigenvalue weighted by molar-refractivity contribution is -0.122. The van der Waals surface area contributed by atoms with E-state index in [0.717, 1.165) is 16.7 Å². The molecule has 0 unspecified atom stereocenters. The van der Waals surface area contributed by atoms with Gasteiger partial charge in [-0.3, -0.25) is 9.69 Å². The SMILES string of the molecule is CC(=Cc1ccccc1)/C=C1/SC(=S)N(Cc2ccccc2)C1=O. The molecule has 1 aliphatic heterocycles. The number of carbonyl (C=O) groups is 1. The summed E-state index contributed by atoms with van der Waals surface area (Å²) in [6.45, 7) is 2.51. The van der Waals surface area contributed by atoms with Crippen molar-refractivity contribution in [2.75, 3.05) is 0 Å². The second-order valence-electron chi connectivity index (χ2n) is 5.55. The summed E-state index contributed by atoms with van der Waals surface area (Å²) < 4.78 is 0.614. The fourth-order valence-electron chi connectivity index (χ4n) is 2.46. The van der Waals surface area contributed by atoms with Gasteiger partial charge in [0.25, 0.3) is 5.91 Å². The van der Waals surface area contributed by atoms with Crippen molar-refractivity contribution in [1.82, 2.24) is 4.90 Å². The molecule has 2 aromatic rings. The third-order valence-corrected chi connectivity index (χ3v) is 4.99. The quantitative estimate of drug-likeness (QED) is 0.569. The maximum atomic E-state index is 12.6. The lowest BCUT2D eigenvalue weighted by Gasteiger charge is -2.14. The predicted molar refractivity (Wildman–Crippen MR) is 105 cm³/mol. The predicted octanol–water partition coefficient (Wildman–Crippen LogP) is 5.03. The van der Waals surface area contributed by atoms with Crippen LogP contribution in [0.25, 0.3) is 6.08 Å². The van der Waals surface area contributed by atoms with Crippen molar-refractivity contribution in [3.05, 3.63) is 88.3 Å². The van der Waals surface area contributed by atoms with Crippen LogP contribution < -0.4 is 0 Å². The number of carbonyl (C=O) groups excluding carboxylic acids is 1. The number of hydrogen-bond donors (Lipinski definition) is 0. The van der Waals surface area contributed by atoms with Gasteiger partial charge in [0.15, 0.2) is 0 Å². The van der Waals surface area contributed by atoms with Crippen molar-refractivity contribution in [3.63, 3.8) is 0 Å². The highest BCUT2D eigenvalue weighted by atomic mass is 32.2. The van der Waals surface area contributed by atoms with Crippen molar-refractivity contribution < 1.29 is 4.79 Å². The summed E-state index contributed by atoms with van der Waals surface area (Å²) >= 11 is 6.75. The Labute approximate surface area is 151 Å². The molecule has 0 aliphatic carbocycles. The van der Waals surface area contributed by atoms with Crippen molar-refractivity contribution in [3.8, 4) is 0 Å². The molecule has 4 heteroatoms. The highest BCUT2D eigenvalue weighted by Crippen LogP contribution is 2.33. The van der Waals surface area contributed by atoms with Crippen LogP contribution in [0, 0.1) is 0 Å². The summed E-state index contributed by atoms with van der Waals surface area (Å²) in [4.78, 5) is 15.0. The molecule has 1 fully saturated rings. The van der Waals surface area contributed by atoms with E-state index in [1.54, 1.807) is 4.90 Å². The first-order valence-corrected chi connectivity index (χ1v) is 8.88. The average Bonchev–Trinajstić information content (AvgIpc) is 2.84. The van der Waals surface area contributed by atoms with Crippen LogP contribution in [0.2, 0.25) is 0 Å². The zero-order valence-corrected chi connectivity index (χ0v) is 14.9. The van der Waals surface area contributed by atoms with E-state index in [4.69, 9.17) is 12.2 Å². The van der Waals surface area contributed by atoms with Gasteiger partial charge in [-0.05, 0) is 29.7 Å². The molecular weight excluding hydrogens is 334 g/mol. The summed E-state index contributed by atoms with van der Waals surface area (Å²) in [5.74, 6) is -0.0188. The molecule has 0 bridgehead atoms. The first kappa shape index (κ1) is 16.7. The highest BCUT2D eigenvalue weighted by molar-refractivity contribution is 8.26. The standard InChI is InChI=1S/C20H17NOS2/c1-15(12-16-8-4-2-5-9-16)13-18-19(22)21(20(23)24-18)14-17-10-6-3-7-11-17/h2-13H,14H2,1H3/b15-12?,18-13+. The Morgan fingerprint density at radius 1 is 1.08 bits per heavy atom. The van der Waals surface area contributed by atoms with Crippen molar-refractivity contribution in [2.24, 2.45) is 0 Å². The summed E-state index contributed by atoms with van der Waals surface area (Å²) in [5.41, 5.74) is 3.22. The van der Waals surface area contributed by atoms with Crippen LogP contribution in [0.15, 0.2) is 77.2 Å². The van der Waals surface area contributed by atoms with Gasteiger partial charge < -0.3 is 0 Å². The third-order valence-electron chi connectivity index (χ3n) is 3.61. The van der Waals surface area contributed by atoms with Gasteiger partial charge in [0.2, 0.25) is 0 Å². The van der Waals surface area contributed by atoms with Gasteiger partial charge in [-0.2, -0.15) is 0 Å². The monoisotopic (exact) mass is 351 g/mol. The smallest absolute Gasteiger partial charge is 0.266 e. The van der Waals surface area contributed by atoms with E-state index in [0.29, 0.717) is 15.8 Å². The Morgan fingerprint density at radius 2 is 1.71 bits per heavy atom. The molecular formula is C20H17NOS2. The second-order valence-corrected chi connectivity index (χ2v) is 7.23. The van der Waals surface area contributed by atoms with Crippen LogP contribution in [0.5, 0.6) is 0 Å². The molecule has 120 valence electrons. The van der Waals surface area contributed by atoms with Gasteiger partial charge in [-0.25, -0.2) is 0 Å². The van der Waals surface area contributed by atoms with Crippen molar-refractivity contribution in [2.45, 2.75) is 13.5 Å². The molecule has 1 amide bonds. The van der Waals surface area contributed by atoms with Gasteiger partial charge in [0.05, 0.1) is 11.4 Å². The van der Waals surface area contributed by atoms with E-state index < -0.39 is 0 Å². The lowest BCUT2D eigenvalue weighted by Crippen LogP contribution is -2.27. The fraction of sp³-hybridized carbons (Fsp3) is 0.100. The van der Waals surface area contributed by atoms with Crippen LogP contribution in [-0.2, 0) is 11.3 Å². The minimum absolute atomic E-state index is 0.0188. The average molecular weight is 351 g/mol. The van der Waals surface area contributed by atoms with Crippen molar-refractivity contribution >= 4 is 40.3 Å². The Balaban J connectivity index is 1.77. The molecule has 0 saturated carbocycles. The van der Waals surface area contributed by atoms with Crippen LogP contribution in [-0.4, -0.2) is 15.1 Å². The summed E-state index contributed by atoms with van der Waals surface area (Å²) in [6.07, 6.45) is 3.97. The number of thioether (sulfide) groups is 1. The van der Waals surface area contributed by atoms with Crippen LogP contribution in [0.3, 0.4) is 0 Å². The molecule has 0 N–H and O–H groups in total. The van der Waals surface area contributed by atoms with Crippen LogP contribution in [0.4, 0.5) is 0 Å². The number of rotatable bonds is 4. The topological polar surface area (TPSA) is 20.3 Å². The van der Waals surface area contributed by atoms with E-state index in [-0.39, 0.29) is 5.91 Å². The largest absolute Gasteiger partial charge is 0.288 e. The first-order valence-electron chi connectivity index (χ1n) is 7.66. The summed E-state index contributed by atoms with van der Waals surface area (Å²) in [7, 11) is 0. The van der Waals surface area contributed by atoms with Crippen molar-refractivity contribution in [1.29, 1.82) is 0 Å². The Morgan fingerprint density at radius 3 is 2.38 bits per heavy atom. The minimum atomic E-state index is -0.0188. The van der Waals surface area contributed by atoms with Gasteiger partial charge in [0.1, 0.15) is 4.32 Å². The number of allylic oxidation sites excluding steroid dienone is 2. The number of benzene rings is 2. The number of nitrogens with zero attached hydrogens (tertiary/aromatic N) is 1. The molecule has 1 saturated heterocycles. The van der Waals surface area contributed by atoms with Crippen LogP contribution >= 0.6 is 24.0 Å². The molecule has 3 rings (SSSR count). The molecule has 1 heterocycles. The van der Waals surface area contributed by atoms with Crippen LogP contribution in [0.1, 0.15) is 18.1 Å². The molecule has 2 nitrogen and oxygen atoms in total. The zero-order chi connectivity index (χ0) is 16.9. The first-order chi connectivity index (χ1) is 11.6. The Kier molecular flexibility index (Phi) is 5.28. The molecule has 24 heavy (non-hydrogen) atoms. The van der Waals surface area contributed by atoms with Gasteiger partial charge in [0, 0.05) is 0 Å². The molecule has 0 atom stereocenters. The number of thiocarbonyl (C=S) groups is 1. The van der Waals surface area contributed by atoms with Gasteiger partial charge in [-0.1, -0.05) is 90.7 Å². The number of hydrogen-bond acceptors (Lipinski definition) is 3. The van der Waals surface area contributed by atoms with E-state index in [1.165, 1.54) is 11.8 Å². The van der Waals surface area contributed by atoms with E-state index >= 15 is 0 Å². The zero-order valence-electron chi connectivity index (χ0n) is 13.3. The third kappa shape index (κ3) is 4.02. The van der Waals surface area contributed by atoms with Gasteiger partial charge in [-0.15, -0.1) is 0 Å². The Hall–Kier alpha value is -2.17. The summed E-state index contributed by atoms with van der Waals surface area (Å²) in [5, 5.41) is 0. The maximum Gasteiger partial charge on any atom is 0.266 e. The lowest BCUT2D eigenvalue weighted by atomic mass is 10.1. The Bertz CT molecular complexity index is 810. The van der Waals surface area contributed by atoms with E-state index in [9.17, 15) is 4.79 Å². The molecule has 0 aromatic heterocycles. The molecule has 0 spiro atoms. The second kappa shape index (κ2) is 7.60. The van der Waals surface area contributed by atoms with Gasteiger partial charge >= 0.3 is 0 Å². The molecule has 0 radical (unpaired) electrons.